The van der Waals surface area contributed by atoms with Crippen molar-refractivity contribution in [3.8, 4) is 0 Å². The van der Waals surface area contributed by atoms with Crippen LogP contribution in [0.25, 0.3) is 57.8 Å². The minimum atomic E-state index is -0.0811. The number of ether oxygens (including phenoxy) is 1. The van der Waals surface area contributed by atoms with Gasteiger partial charge < -0.3 is 18.6 Å². The maximum Gasteiger partial charge on any atom is 0.135 e. The third-order valence-corrected chi connectivity index (χ3v) is 14.4. The Labute approximate surface area is 472 Å². The second-order valence-electron chi connectivity index (χ2n) is 19.4. The van der Waals surface area contributed by atoms with Gasteiger partial charge in [0.05, 0.1) is 11.4 Å². The molecular weight excluding hydrogens is 973 g/mol. The molecule has 0 spiro atoms. The summed E-state index contributed by atoms with van der Waals surface area (Å²) in [5.74, 6) is 0.739. The fraction of sp³-hybridized carbons (Fsp3) is 0.0789. The standard InChI is InChI=1S/C76H68N2O2/c1-9-27-67-57(8)79-76-52-49-64(54-71(67)76)60(11-3)32-24-29-59-30-26-53-77(72(12-4)63(46-44-59)45-43-58(10-2)28-16-14-19-37-69-70-38-22-23-40-75(70)80-74(69)13-5)56(7)42-41-55(6)61-47-50-66(51-48-61)78(65-34-17-15-18-35-65)73-39-25-33-62-31-20-21-36-68(62)73/h9-18,20-47,49-50,52-54,71,76H,1-4,6-8,19,48,51H2,5H3/b16-14+,29-24+,42-41-,45-43+,46-44?,53-26?,58-28+,59-30?,60-32+,67-27+,69-37-,72-63?,74-13+. The summed E-state index contributed by atoms with van der Waals surface area (Å²) in [5.41, 5.74) is 14.9. The van der Waals surface area contributed by atoms with Gasteiger partial charge in [0, 0.05) is 50.8 Å². The van der Waals surface area contributed by atoms with Gasteiger partial charge in [-0.2, -0.15) is 0 Å². The van der Waals surface area contributed by atoms with Crippen molar-refractivity contribution in [1.29, 1.82) is 0 Å². The van der Waals surface area contributed by atoms with E-state index in [0.29, 0.717) is 5.76 Å². The lowest BCUT2D eigenvalue weighted by Crippen LogP contribution is -2.19. The van der Waals surface area contributed by atoms with Crippen molar-refractivity contribution in [2.75, 3.05) is 4.90 Å². The van der Waals surface area contributed by atoms with E-state index in [0.717, 1.165) is 103 Å². The average Bonchev–Trinajstić information content (AvgIpc) is 4.04. The van der Waals surface area contributed by atoms with Crippen LogP contribution in [0, 0.1) is 5.92 Å². The normalized spacial score (nSPS) is 17.5. The number of hydrogen-bond acceptors (Lipinski definition) is 3. The van der Waals surface area contributed by atoms with E-state index >= 15 is 0 Å². The Morgan fingerprint density at radius 1 is 0.762 bits per heavy atom. The molecule has 0 saturated carbocycles. The maximum atomic E-state index is 6.08. The Balaban J connectivity index is 1.01. The summed E-state index contributed by atoms with van der Waals surface area (Å²) in [6.07, 6.45) is 49.6. The van der Waals surface area contributed by atoms with Crippen molar-refractivity contribution < 1.29 is 9.15 Å². The van der Waals surface area contributed by atoms with Gasteiger partial charge in [0.25, 0.3) is 0 Å². The van der Waals surface area contributed by atoms with Crippen molar-refractivity contribution in [1.82, 2.24) is 4.57 Å². The molecule has 0 bridgehead atoms. The molecule has 2 aromatic heterocycles. The van der Waals surface area contributed by atoms with Gasteiger partial charge in [-0.25, -0.2) is 0 Å². The van der Waals surface area contributed by atoms with Crippen LogP contribution in [-0.4, -0.2) is 10.7 Å². The van der Waals surface area contributed by atoms with Crippen LogP contribution in [0.2, 0.25) is 0 Å². The van der Waals surface area contributed by atoms with Crippen molar-refractivity contribution in [2.24, 2.45) is 5.92 Å². The number of aromatic nitrogens is 1. The maximum absolute atomic E-state index is 6.08. The second kappa shape index (κ2) is 26.4. The molecular formula is C76H68N2O2. The smallest absolute Gasteiger partial charge is 0.135 e. The molecule has 2 unspecified atom stereocenters. The lowest BCUT2D eigenvalue weighted by Gasteiger charge is -2.31. The van der Waals surface area contributed by atoms with Crippen LogP contribution < -0.4 is 15.5 Å². The predicted molar refractivity (Wildman–Crippen MR) is 345 cm³/mol. The zero-order chi connectivity index (χ0) is 55.8. The SMILES string of the molecule is C=C/C=C1\C(=C)OC2C=CC(/C(C=C)=C/C=C/c3cccn(C(=C)/C=C\C(=C)C4=CC=C(N(c5ccccc5)c5cccc6ccccc56)CC4)c(C=C)c(/C=C/C(C=C)=C/C=C/C/C=c4\c(=C/C)oc5ccccc45)cc3)=CC12. The first kappa shape index (κ1) is 54.9. The molecule has 0 radical (unpaired) electrons. The molecule has 394 valence electrons. The molecule has 0 amide bonds. The fourth-order valence-electron chi connectivity index (χ4n) is 10.3. The molecule has 4 nitrogen and oxygen atoms in total. The van der Waals surface area contributed by atoms with Crippen molar-refractivity contribution in [2.45, 2.75) is 32.3 Å². The molecule has 4 aromatic carbocycles. The third kappa shape index (κ3) is 12.7. The highest BCUT2D eigenvalue weighted by atomic mass is 16.5. The van der Waals surface area contributed by atoms with E-state index in [4.69, 9.17) is 9.15 Å². The van der Waals surface area contributed by atoms with Gasteiger partial charge in [-0.15, -0.1) is 0 Å². The van der Waals surface area contributed by atoms with E-state index < -0.39 is 0 Å². The highest BCUT2D eigenvalue weighted by Gasteiger charge is 2.34. The first-order valence-corrected chi connectivity index (χ1v) is 27.1. The molecule has 3 aliphatic rings. The van der Waals surface area contributed by atoms with Crippen molar-refractivity contribution >= 4 is 69.2 Å². The van der Waals surface area contributed by atoms with Crippen LogP contribution in [0.1, 0.15) is 43.0 Å². The van der Waals surface area contributed by atoms with Crippen LogP contribution in [0.15, 0.2) is 326 Å². The molecule has 1 saturated heterocycles. The summed E-state index contributed by atoms with van der Waals surface area (Å²) in [6, 6.07) is 42.2. The number of para-hydroxylation sites is 2. The number of rotatable bonds is 19. The zero-order valence-corrected chi connectivity index (χ0v) is 45.8. The zero-order valence-electron chi connectivity index (χ0n) is 45.8. The number of hydrogen-bond donors (Lipinski definition) is 0. The van der Waals surface area contributed by atoms with E-state index in [2.05, 4.69) is 244 Å². The van der Waals surface area contributed by atoms with Gasteiger partial charge >= 0.3 is 0 Å². The first-order chi connectivity index (χ1) is 39.2. The number of benzene rings is 4. The van der Waals surface area contributed by atoms with Gasteiger partial charge in [-0.05, 0) is 131 Å². The Morgan fingerprint density at radius 2 is 1.56 bits per heavy atom. The van der Waals surface area contributed by atoms with E-state index in [1.54, 1.807) is 6.08 Å². The highest BCUT2D eigenvalue weighted by Crippen LogP contribution is 2.41. The van der Waals surface area contributed by atoms with Gasteiger partial charge in [0.2, 0.25) is 0 Å². The Hall–Kier alpha value is -9.90. The van der Waals surface area contributed by atoms with Crippen LogP contribution in [0.4, 0.5) is 11.4 Å². The van der Waals surface area contributed by atoms with Crippen molar-refractivity contribution in [3.05, 3.63) is 349 Å². The Kier molecular flexibility index (Phi) is 18.1. The van der Waals surface area contributed by atoms with Crippen LogP contribution in [-0.2, 0) is 4.74 Å². The topological polar surface area (TPSA) is 30.5 Å². The Morgan fingerprint density at radius 3 is 2.34 bits per heavy atom. The summed E-state index contributed by atoms with van der Waals surface area (Å²) in [4.78, 5) is 2.39. The number of fused-ring (bicyclic) bond motifs is 3. The molecule has 9 rings (SSSR count). The molecule has 4 heteroatoms. The predicted octanol–water partition coefficient (Wildman–Crippen LogP) is 18.8. The number of allylic oxidation sites excluding steroid dienone is 23. The van der Waals surface area contributed by atoms with Gasteiger partial charge in [0.15, 0.2) is 0 Å². The lowest BCUT2D eigenvalue weighted by atomic mass is 9.86. The van der Waals surface area contributed by atoms with Gasteiger partial charge in [-0.1, -0.05) is 240 Å². The number of anilines is 2. The fourth-order valence-corrected chi connectivity index (χ4v) is 10.3. The quantitative estimate of drug-likeness (QED) is 0.0758. The lowest BCUT2D eigenvalue weighted by molar-refractivity contribution is 0.185. The third-order valence-electron chi connectivity index (χ3n) is 14.4. The summed E-state index contributed by atoms with van der Waals surface area (Å²) >= 11 is 0. The minimum Gasteiger partial charge on any atom is -0.486 e. The monoisotopic (exact) mass is 1040 g/mol. The van der Waals surface area contributed by atoms with E-state index in [1.807, 2.05) is 73.8 Å². The Bertz CT molecular complexity index is 3980. The number of nitrogens with zero attached hydrogens (tertiary/aromatic N) is 2. The molecule has 1 fully saturated rings. The molecule has 0 N–H and O–H groups in total. The van der Waals surface area contributed by atoms with Crippen molar-refractivity contribution in [3.63, 3.8) is 0 Å². The van der Waals surface area contributed by atoms with Gasteiger partial charge in [0.1, 0.15) is 22.9 Å². The van der Waals surface area contributed by atoms with Crippen LogP contribution in [0.5, 0.6) is 0 Å². The minimum absolute atomic E-state index is 0.0572. The molecule has 3 heterocycles. The van der Waals surface area contributed by atoms with Gasteiger partial charge in [-0.3, -0.25) is 0 Å². The van der Waals surface area contributed by atoms with Crippen LogP contribution in [0.3, 0.4) is 0 Å². The number of furan rings is 1. The average molecular weight is 1040 g/mol. The van der Waals surface area contributed by atoms with E-state index in [-0.39, 0.29) is 12.0 Å². The summed E-state index contributed by atoms with van der Waals surface area (Å²) < 4.78 is 14.2. The summed E-state index contributed by atoms with van der Waals surface area (Å²) in [5, 5.41) is 4.64. The van der Waals surface area contributed by atoms with E-state index in [1.165, 1.54) is 22.0 Å². The largest absolute Gasteiger partial charge is 0.486 e. The molecule has 1 aliphatic heterocycles. The highest BCUT2D eigenvalue weighted by molar-refractivity contribution is 5.97. The summed E-state index contributed by atoms with van der Waals surface area (Å²) in [7, 11) is 0. The van der Waals surface area contributed by atoms with Crippen LogP contribution >= 0.6 is 0 Å². The van der Waals surface area contributed by atoms with E-state index in [9.17, 15) is 0 Å². The first-order valence-electron chi connectivity index (χ1n) is 27.1. The molecule has 2 atom stereocenters. The molecule has 80 heavy (non-hydrogen) atoms. The second-order valence-corrected chi connectivity index (χ2v) is 19.4. The summed E-state index contributed by atoms with van der Waals surface area (Å²) in [6.45, 7) is 31.8. The molecule has 6 aromatic rings. The molecule has 2 aliphatic carbocycles.